The first-order valence-electron chi connectivity index (χ1n) is 10.3. The largest absolute Gasteiger partial charge is 0.467 e. The van der Waals surface area contributed by atoms with Gasteiger partial charge in [-0.25, -0.2) is 4.79 Å². The third kappa shape index (κ3) is 4.23. The number of amides is 2. The third-order valence-corrected chi connectivity index (χ3v) is 5.93. The highest BCUT2D eigenvalue weighted by Crippen LogP contribution is 2.50. The highest BCUT2D eigenvalue weighted by atomic mass is 19.3. The van der Waals surface area contributed by atoms with Gasteiger partial charge in [0.2, 0.25) is 5.91 Å². The Bertz CT molecular complexity index is 1140. The molecular weight excluding hydrogens is 460 g/mol. The lowest BCUT2D eigenvalue weighted by Crippen LogP contribution is -2.46. The van der Waals surface area contributed by atoms with Crippen molar-refractivity contribution in [3.8, 4) is 11.1 Å². The fourth-order valence-corrected chi connectivity index (χ4v) is 4.35. The quantitative estimate of drug-likeness (QED) is 0.508. The van der Waals surface area contributed by atoms with E-state index in [-0.39, 0.29) is 29.7 Å². The third-order valence-electron chi connectivity index (χ3n) is 5.93. The van der Waals surface area contributed by atoms with Crippen LogP contribution in [0.5, 0.6) is 0 Å². The molecule has 1 saturated heterocycles. The van der Waals surface area contributed by atoms with Crippen LogP contribution >= 0.6 is 0 Å². The van der Waals surface area contributed by atoms with Gasteiger partial charge in [0.05, 0.1) is 19.8 Å². The summed E-state index contributed by atoms with van der Waals surface area (Å²) in [5.74, 6) is -5.60. The van der Waals surface area contributed by atoms with Gasteiger partial charge in [-0.15, -0.1) is 0 Å². The zero-order valence-electron chi connectivity index (χ0n) is 17.9. The Hall–Kier alpha value is -3.47. The predicted octanol–water partition coefficient (Wildman–Crippen LogP) is 2.92. The van der Waals surface area contributed by atoms with E-state index in [9.17, 15) is 31.9 Å². The van der Waals surface area contributed by atoms with Crippen LogP contribution in [0.1, 0.15) is 27.9 Å². The minimum absolute atomic E-state index is 0.0797. The number of nitrogens with zero attached hydrogens (tertiary/aromatic N) is 1. The predicted molar refractivity (Wildman–Crippen MR) is 110 cm³/mol. The summed E-state index contributed by atoms with van der Waals surface area (Å²) >= 11 is 0. The zero-order chi connectivity index (χ0) is 24.6. The van der Waals surface area contributed by atoms with E-state index in [0.29, 0.717) is 11.1 Å². The van der Waals surface area contributed by atoms with Gasteiger partial charge >= 0.3 is 12.6 Å². The molecule has 2 aliphatic rings. The maximum absolute atomic E-state index is 14.9. The van der Waals surface area contributed by atoms with Crippen LogP contribution in [0.2, 0.25) is 0 Å². The molecule has 180 valence electrons. The van der Waals surface area contributed by atoms with Crippen LogP contribution in [-0.4, -0.2) is 61.6 Å². The topological polar surface area (TPSA) is 84.9 Å². The number of carbonyl (C=O) groups is 3. The number of benzene rings is 2. The number of nitrogens with one attached hydrogen (secondary N) is 1. The van der Waals surface area contributed by atoms with Crippen LogP contribution in [0.3, 0.4) is 0 Å². The standard InChI is InChI=1S/C23H20F4N2O5/c1-33-21(32)18-9-13(34-22(24)25)11-29(18)19(30)10-28-20(31)12-6-7-15-14-4-2-3-5-16(14)23(26,27)17(15)8-12/h2-8,13,18,22H,9-11H2,1H3,(H,28,31)/t13-,18+/m1/s1. The van der Waals surface area contributed by atoms with Gasteiger partial charge in [0.1, 0.15) is 6.04 Å². The van der Waals surface area contributed by atoms with Crippen molar-refractivity contribution in [2.75, 3.05) is 20.2 Å². The second-order valence-electron chi connectivity index (χ2n) is 7.90. The monoisotopic (exact) mass is 480 g/mol. The summed E-state index contributed by atoms with van der Waals surface area (Å²) in [6, 6.07) is 8.79. The summed E-state index contributed by atoms with van der Waals surface area (Å²) < 4.78 is 63.9. The van der Waals surface area contributed by atoms with Crippen LogP contribution in [0.25, 0.3) is 11.1 Å². The Morgan fingerprint density at radius 1 is 1.12 bits per heavy atom. The smallest absolute Gasteiger partial charge is 0.345 e. The van der Waals surface area contributed by atoms with E-state index in [1.807, 2.05) is 0 Å². The van der Waals surface area contributed by atoms with E-state index < -0.39 is 49.0 Å². The highest BCUT2D eigenvalue weighted by Gasteiger charge is 2.45. The van der Waals surface area contributed by atoms with E-state index in [0.717, 1.165) is 18.1 Å². The average Bonchev–Trinajstić information content (AvgIpc) is 3.33. The van der Waals surface area contributed by atoms with Crippen molar-refractivity contribution in [1.29, 1.82) is 0 Å². The van der Waals surface area contributed by atoms with E-state index in [4.69, 9.17) is 0 Å². The first-order chi connectivity index (χ1) is 16.1. The van der Waals surface area contributed by atoms with Crippen LogP contribution in [0, 0.1) is 0 Å². The molecule has 0 bridgehead atoms. The Morgan fingerprint density at radius 3 is 2.53 bits per heavy atom. The van der Waals surface area contributed by atoms with Crippen molar-refractivity contribution < 1.29 is 41.4 Å². The van der Waals surface area contributed by atoms with E-state index in [1.165, 1.54) is 24.3 Å². The molecule has 0 radical (unpaired) electrons. The number of fused-ring (bicyclic) bond motifs is 3. The number of likely N-dealkylation sites (tertiary alicyclic amines) is 1. The molecule has 1 heterocycles. The van der Waals surface area contributed by atoms with Crippen LogP contribution in [0.15, 0.2) is 42.5 Å². The molecular formula is C23H20F4N2O5. The van der Waals surface area contributed by atoms with Gasteiger partial charge in [-0.2, -0.15) is 17.6 Å². The molecule has 2 aromatic rings. The minimum Gasteiger partial charge on any atom is -0.467 e. The lowest BCUT2D eigenvalue weighted by Gasteiger charge is -2.22. The Kier molecular flexibility index (Phi) is 6.30. The van der Waals surface area contributed by atoms with Crippen molar-refractivity contribution >= 4 is 17.8 Å². The van der Waals surface area contributed by atoms with Gasteiger partial charge < -0.3 is 19.7 Å². The molecule has 0 spiro atoms. The van der Waals surface area contributed by atoms with Crippen molar-refractivity contribution in [1.82, 2.24) is 10.2 Å². The second kappa shape index (κ2) is 9.05. The number of carbonyl (C=O) groups excluding carboxylic acids is 3. The molecule has 0 aromatic heterocycles. The van der Waals surface area contributed by atoms with Gasteiger partial charge in [0.15, 0.2) is 0 Å². The van der Waals surface area contributed by atoms with E-state index >= 15 is 0 Å². The number of methoxy groups -OCH3 is 1. The van der Waals surface area contributed by atoms with Crippen LogP contribution in [0.4, 0.5) is 17.6 Å². The van der Waals surface area contributed by atoms with Gasteiger partial charge in [-0.05, 0) is 23.3 Å². The van der Waals surface area contributed by atoms with Gasteiger partial charge in [0, 0.05) is 29.7 Å². The van der Waals surface area contributed by atoms with E-state index in [1.54, 1.807) is 12.1 Å². The van der Waals surface area contributed by atoms with Gasteiger partial charge in [-0.3, -0.25) is 9.59 Å². The number of rotatable bonds is 6. The van der Waals surface area contributed by atoms with Crippen molar-refractivity contribution in [2.45, 2.75) is 31.1 Å². The SMILES string of the molecule is COC(=O)[C@@H]1C[C@@H](OC(F)F)CN1C(=O)CNC(=O)c1ccc2c(c1)C(F)(F)c1ccccc1-2. The summed E-state index contributed by atoms with van der Waals surface area (Å²) in [6.07, 6.45) is -1.26. The minimum atomic E-state index is -3.28. The highest BCUT2D eigenvalue weighted by molar-refractivity contribution is 5.98. The maximum atomic E-state index is 14.9. The fourth-order valence-electron chi connectivity index (χ4n) is 4.35. The van der Waals surface area contributed by atoms with E-state index in [2.05, 4.69) is 14.8 Å². The number of halogens is 4. The molecule has 2 atom stereocenters. The zero-order valence-corrected chi connectivity index (χ0v) is 17.9. The summed E-state index contributed by atoms with van der Waals surface area (Å²) in [7, 11) is 1.09. The summed E-state index contributed by atoms with van der Waals surface area (Å²) in [6.45, 7) is -3.95. The molecule has 1 fully saturated rings. The molecule has 11 heteroatoms. The molecule has 2 amide bonds. The molecule has 0 saturated carbocycles. The molecule has 34 heavy (non-hydrogen) atoms. The number of alkyl halides is 4. The Balaban J connectivity index is 1.45. The summed E-state index contributed by atoms with van der Waals surface area (Å²) in [5, 5.41) is 2.33. The first kappa shape index (κ1) is 23.7. The second-order valence-corrected chi connectivity index (χ2v) is 7.90. The Morgan fingerprint density at radius 2 is 1.82 bits per heavy atom. The van der Waals surface area contributed by atoms with Crippen LogP contribution < -0.4 is 5.32 Å². The number of esters is 1. The summed E-state index contributed by atoms with van der Waals surface area (Å²) in [5.41, 5.74) is 0.152. The number of hydrogen-bond acceptors (Lipinski definition) is 5. The van der Waals surface area contributed by atoms with Crippen LogP contribution in [-0.2, 0) is 25.0 Å². The van der Waals surface area contributed by atoms with Gasteiger partial charge in [-0.1, -0.05) is 30.3 Å². The molecule has 0 unspecified atom stereocenters. The molecule has 2 aromatic carbocycles. The summed E-state index contributed by atoms with van der Waals surface area (Å²) in [4.78, 5) is 38.2. The lowest BCUT2D eigenvalue weighted by atomic mass is 10.0. The fraction of sp³-hybridized carbons (Fsp3) is 0.348. The Labute approximate surface area is 191 Å². The first-order valence-corrected chi connectivity index (χ1v) is 10.3. The molecule has 1 aliphatic heterocycles. The average molecular weight is 480 g/mol. The van der Waals surface area contributed by atoms with Crippen molar-refractivity contribution in [2.24, 2.45) is 0 Å². The number of ether oxygens (including phenoxy) is 2. The molecule has 7 nitrogen and oxygen atoms in total. The van der Waals surface area contributed by atoms with Gasteiger partial charge in [0.25, 0.3) is 11.8 Å². The lowest BCUT2D eigenvalue weighted by molar-refractivity contribution is -0.160. The van der Waals surface area contributed by atoms with Crippen molar-refractivity contribution in [3.63, 3.8) is 0 Å². The molecule has 4 rings (SSSR count). The molecule has 1 N–H and O–H groups in total. The maximum Gasteiger partial charge on any atom is 0.345 e. The number of hydrogen-bond donors (Lipinski definition) is 1. The normalized spacial score (nSPS) is 20.1. The molecule has 1 aliphatic carbocycles. The van der Waals surface area contributed by atoms with Crippen molar-refractivity contribution in [3.05, 3.63) is 59.2 Å².